The minimum Gasteiger partial charge on any atom is -0.392 e. The maximum absolute atomic E-state index is 13.7. The number of halogens is 3. The molecule has 0 saturated carbocycles. The van der Waals surface area contributed by atoms with E-state index in [1.54, 1.807) is 6.92 Å². The summed E-state index contributed by atoms with van der Waals surface area (Å²) in [6.07, 6.45) is 0.0383. The second kappa shape index (κ2) is 7.97. The smallest absolute Gasteiger partial charge is 0.220 e. The van der Waals surface area contributed by atoms with Gasteiger partial charge in [-0.25, -0.2) is 13.2 Å². The second-order valence-electron chi connectivity index (χ2n) is 5.63. The van der Waals surface area contributed by atoms with Crippen LogP contribution in [0, 0.1) is 17.5 Å². The van der Waals surface area contributed by atoms with Gasteiger partial charge in [-0.15, -0.1) is 0 Å². The van der Waals surface area contributed by atoms with Crippen molar-refractivity contribution >= 4 is 5.91 Å². The Kier molecular flexibility index (Phi) is 5.98. The van der Waals surface area contributed by atoms with E-state index in [0.717, 1.165) is 12.1 Å². The molecule has 0 aliphatic rings. The third-order valence-corrected chi connectivity index (χ3v) is 3.76. The van der Waals surface area contributed by atoms with Gasteiger partial charge in [-0.2, -0.15) is 0 Å². The summed E-state index contributed by atoms with van der Waals surface area (Å²) in [6.45, 7) is 1.43. The summed E-state index contributed by atoms with van der Waals surface area (Å²) in [5.41, 5.74) is 1.08. The molecule has 0 aromatic heterocycles. The molecular formula is C18H18F3NO2. The average Bonchev–Trinajstić information content (AvgIpc) is 2.53. The SMILES string of the molecule is CC(CC(=O)NCc1ccc(F)c(CO)c1)c1ccc(F)cc1F. The monoisotopic (exact) mass is 337 g/mol. The Morgan fingerprint density at radius 2 is 1.88 bits per heavy atom. The van der Waals surface area contributed by atoms with Gasteiger partial charge in [0.25, 0.3) is 0 Å². The number of nitrogens with one attached hydrogen (secondary N) is 1. The van der Waals surface area contributed by atoms with Gasteiger partial charge in [0.15, 0.2) is 0 Å². The number of carbonyl (C=O) groups is 1. The fourth-order valence-electron chi connectivity index (χ4n) is 2.42. The minimum atomic E-state index is -0.679. The normalized spacial score (nSPS) is 12.0. The predicted octanol–water partition coefficient (Wildman–Crippen LogP) is 3.41. The highest BCUT2D eigenvalue weighted by atomic mass is 19.1. The fourth-order valence-corrected chi connectivity index (χ4v) is 2.42. The number of hydrogen-bond donors (Lipinski definition) is 2. The maximum atomic E-state index is 13.7. The number of aliphatic hydroxyl groups is 1. The zero-order valence-corrected chi connectivity index (χ0v) is 13.2. The first kappa shape index (κ1) is 18.0. The van der Waals surface area contributed by atoms with Crippen LogP contribution in [0.4, 0.5) is 13.2 Å². The summed E-state index contributed by atoms with van der Waals surface area (Å²) in [5, 5.41) is 11.7. The molecule has 2 rings (SSSR count). The maximum Gasteiger partial charge on any atom is 0.220 e. The van der Waals surface area contributed by atoms with Crippen LogP contribution in [0.2, 0.25) is 0 Å². The molecule has 3 nitrogen and oxygen atoms in total. The van der Waals surface area contributed by atoms with Crippen LogP contribution < -0.4 is 5.32 Å². The first-order chi connectivity index (χ1) is 11.4. The molecule has 0 radical (unpaired) electrons. The van der Waals surface area contributed by atoms with E-state index in [2.05, 4.69) is 5.32 Å². The summed E-state index contributed by atoms with van der Waals surface area (Å²) < 4.78 is 39.9. The summed E-state index contributed by atoms with van der Waals surface area (Å²) in [4.78, 5) is 12.0. The zero-order valence-electron chi connectivity index (χ0n) is 13.2. The van der Waals surface area contributed by atoms with Gasteiger partial charge in [0, 0.05) is 24.6 Å². The zero-order chi connectivity index (χ0) is 17.7. The third kappa shape index (κ3) is 4.58. The van der Waals surface area contributed by atoms with Crippen molar-refractivity contribution in [3.63, 3.8) is 0 Å². The molecule has 1 unspecified atom stereocenters. The van der Waals surface area contributed by atoms with Gasteiger partial charge in [0.1, 0.15) is 17.5 Å². The third-order valence-electron chi connectivity index (χ3n) is 3.76. The van der Waals surface area contributed by atoms with Gasteiger partial charge in [-0.05, 0) is 35.2 Å². The first-order valence-electron chi connectivity index (χ1n) is 7.50. The molecule has 0 aliphatic carbocycles. The largest absolute Gasteiger partial charge is 0.392 e. The van der Waals surface area contributed by atoms with Gasteiger partial charge >= 0.3 is 0 Å². The van der Waals surface area contributed by atoms with Crippen LogP contribution in [-0.4, -0.2) is 11.0 Å². The van der Waals surface area contributed by atoms with Crippen LogP contribution in [0.1, 0.15) is 36.0 Å². The van der Waals surface area contributed by atoms with Crippen LogP contribution in [0.25, 0.3) is 0 Å². The number of carbonyl (C=O) groups excluding carboxylic acids is 1. The molecule has 1 atom stereocenters. The molecule has 1 amide bonds. The first-order valence-corrected chi connectivity index (χ1v) is 7.50. The second-order valence-corrected chi connectivity index (χ2v) is 5.63. The van der Waals surface area contributed by atoms with Gasteiger partial charge < -0.3 is 10.4 Å². The lowest BCUT2D eigenvalue weighted by atomic mass is 9.97. The molecule has 128 valence electrons. The van der Waals surface area contributed by atoms with E-state index in [9.17, 15) is 18.0 Å². The van der Waals surface area contributed by atoms with E-state index in [-0.39, 0.29) is 30.0 Å². The van der Waals surface area contributed by atoms with Gasteiger partial charge in [-0.3, -0.25) is 4.79 Å². The highest BCUT2D eigenvalue weighted by molar-refractivity contribution is 5.76. The Balaban J connectivity index is 1.93. The van der Waals surface area contributed by atoms with Crippen LogP contribution in [0.5, 0.6) is 0 Å². The Labute approximate surface area is 138 Å². The molecule has 2 N–H and O–H groups in total. The molecule has 2 aromatic carbocycles. The van der Waals surface area contributed by atoms with Crippen molar-refractivity contribution in [1.29, 1.82) is 0 Å². The van der Waals surface area contributed by atoms with Crippen LogP contribution >= 0.6 is 0 Å². The van der Waals surface area contributed by atoms with E-state index < -0.39 is 30.0 Å². The molecule has 2 aromatic rings. The Hall–Kier alpha value is -2.34. The molecule has 0 fully saturated rings. The number of aliphatic hydroxyl groups excluding tert-OH is 1. The van der Waals surface area contributed by atoms with Crippen molar-refractivity contribution in [3.05, 3.63) is 70.5 Å². The van der Waals surface area contributed by atoms with Gasteiger partial charge in [-0.1, -0.05) is 19.1 Å². The van der Waals surface area contributed by atoms with Crippen LogP contribution in [-0.2, 0) is 17.9 Å². The Morgan fingerprint density at radius 1 is 1.12 bits per heavy atom. The number of amides is 1. The Morgan fingerprint density at radius 3 is 2.54 bits per heavy atom. The van der Waals surface area contributed by atoms with Crippen molar-refractivity contribution in [2.75, 3.05) is 0 Å². The van der Waals surface area contributed by atoms with Crippen molar-refractivity contribution in [2.45, 2.75) is 32.4 Å². The van der Waals surface area contributed by atoms with E-state index in [4.69, 9.17) is 5.11 Å². The highest BCUT2D eigenvalue weighted by Crippen LogP contribution is 2.22. The summed E-state index contributed by atoms with van der Waals surface area (Å²) in [5.74, 6) is -2.56. The lowest BCUT2D eigenvalue weighted by Crippen LogP contribution is -2.24. The van der Waals surface area contributed by atoms with Crippen molar-refractivity contribution in [2.24, 2.45) is 0 Å². The molecule has 0 spiro atoms. The summed E-state index contributed by atoms with van der Waals surface area (Å²) in [6, 6.07) is 7.48. The topological polar surface area (TPSA) is 49.3 Å². The Bertz CT molecular complexity index is 734. The van der Waals surface area contributed by atoms with E-state index in [1.165, 1.54) is 24.3 Å². The highest BCUT2D eigenvalue weighted by Gasteiger charge is 2.15. The average molecular weight is 337 g/mol. The van der Waals surface area contributed by atoms with Gasteiger partial charge in [0.05, 0.1) is 6.61 Å². The molecule has 0 bridgehead atoms. The van der Waals surface area contributed by atoms with E-state index in [0.29, 0.717) is 5.56 Å². The molecular weight excluding hydrogens is 319 g/mol. The number of rotatable bonds is 6. The van der Waals surface area contributed by atoms with Crippen LogP contribution in [0.3, 0.4) is 0 Å². The standard InChI is InChI=1S/C18H18F3NO2/c1-11(15-4-3-14(19)8-17(15)21)6-18(24)22-9-12-2-5-16(20)13(7-12)10-23/h2-5,7-8,11,23H,6,9-10H2,1H3,(H,22,24). The van der Waals surface area contributed by atoms with E-state index in [1.807, 2.05) is 0 Å². The predicted molar refractivity (Wildman–Crippen MR) is 83.6 cm³/mol. The quantitative estimate of drug-likeness (QED) is 0.849. The summed E-state index contributed by atoms with van der Waals surface area (Å²) >= 11 is 0. The molecule has 0 heterocycles. The molecule has 6 heteroatoms. The number of benzene rings is 2. The lowest BCUT2D eigenvalue weighted by molar-refractivity contribution is -0.121. The minimum absolute atomic E-state index is 0.0383. The molecule has 0 saturated heterocycles. The number of hydrogen-bond acceptors (Lipinski definition) is 2. The van der Waals surface area contributed by atoms with Gasteiger partial charge in [0.2, 0.25) is 5.91 Å². The fraction of sp³-hybridized carbons (Fsp3) is 0.278. The van der Waals surface area contributed by atoms with Crippen molar-refractivity contribution < 1.29 is 23.1 Å². The molecule has 0 aliphatic heterocycles. The van der Waals surface area contributed by atoms with Crippen molar-refractivity contribution in [1.82, 2.24) is 5.32 Å². The lowest BCUT2D eigenvalue weighted by Gasteiger charge is -2.13. The van der Waals surface area contributed by atoms with E-state index >= 15 is 0 Å². The summed E-state index contributed by atoms with van der Waals surface area (Å²) in [7, 11) is 0. The van der Waals surface area contributed by atoms with Crippen LogP contribution in [0.15, 0.2) is 36.4 Å². The van der Waals surface area contributed by atoms with Crippen molar-refractivity contribution in [3.8, 4) is 0 Å². The molecule has 24 heavy (non-hydrogen) atoms.